The monoisotopic (exact) mass is 503 g/mol. The molecule has 1 aromatic carbocycles. The van der Waals surface area contributed by atoms with E-state index in [9.17, 15) is 24.6 Å². The fourth-order valence-corrected chi connectivity index (χ4v) is 4.81. The maximum Gasteiger partial charge on any atom is 0.408 e. The molecule has 0 aliphatic heterocycles. The number of benzene rings is 1. The first kappa shape index (κ1) is 27.8. The summed E-state index contributed by atoms with van der Waals surface area (Å²) >= 11 is 0. The van der Waals surface area contributed by atoms with E-state index < -0.39 is 36.3 Å². The summed E-state index contributed by atoms with van der Waals surface area (Å²) in [5.74, 6) is -0.727. The number of aliphatic hydroxyl groups excluding tert-OH is 1. The van der Waals surface area contributed by atoms with Gasteiger partial charge in [0.1, 0.15) is 23.4 Å². The van der Waals surface area contributed by atoms with Gasteiger partial charge in [0, 0.05) is 12.1 Å². The molecule has 2 fully saturated rings. The molecule has 0 aromatic heterocycles. The number of aryl methyl sites for hydroxylation is 1. The summed E-state index contributed by atoms with van der Waals surface area (Å²) in [6.07, 6.45) is 6.58. The summed E-state index contributed by atoms with van der Waals surface area (Å²) in [6, 6.07) is 2.51. The van der Waals surface area contributed by atoms with Gasteiger partial charge in [-0.25, -0.2) is 4.79 Å². The summed E-state index contributed by atoms with van der Waals surface area (Å²) < 4.78 is 5.28. The zero-order valence-electron chi connectivity index (χ0n) is 21.9. The van der Waals surface area contributed by atoms with Crippen LogP contribution in [-0.4, -0.2) is 63.4 Å². The summed E-state index contributed by atoms with van der Waals surface area (Å²) in [5, 5.41) is 25.8. The second kappa shape index (κ2) is 12.0. The van der Waals surface area contributed by atoms with E-state index in [4.69, 9.17) is 4.74 Å². The summed E-state index contributed by atoms with van der Waals surface area (Å²) in [4.78, 5) is 41.5. The largest absolute Gasteiger partial charge is 0.508 e. The van der Waals surface area contributed by atoms with Crippen LogP contribution in [0.5, 0.6) is 5.75 Å². The molecular formula is C27H41N3O6. The molecule has 3 rings (SSSR count). The molecule has 200 valence electrons. The van der Waals surface area contributed by atoms with E-state index in [0.29, 0.717) is 11.1 Å². The normalized spacial score (nSPS) is 18.5. The minimum absolute atomic E-state index is 0.0406. The highest BCUT2D eigenvalue weighted by Crippen LogP contribution is 2.35. The van der Waals surface area contributed by atoms with Crippen molar-refractivity contribution < 1.29 is 29.3 Å². The molecule has 0 radical (unpaired) electrons. The Balaban J connectivity index is 1.94. The Morgan fingerprint density at radius 3 is 2.28 bits per heavy atom. The van der Waals surface area contributed by atoms with Crippen LogP contribution in [0.1, 0.15) is 89.3 Å². The molecule has 9 nitrogen and oxygen atoms in total. The van der Waals surface area contributed by atoms with Gasteiger partial charge in [-0.1, -0.05) is 25.3 Å². The van der Waals surface area contributed by atoms with Gasteiger partial charge in [-0.3, -0.25) is 9.59 Å². The minimum atomic E-state index is -1.26. The number of phenolic OH excluding ortho intramolecular Hbond substituents is 1. The minimum Gasteiger partial charge on any atom is -0.508 e. The van der Waals surface area contributed by atoms with Crippen molar-refractivity contribution in [1.82, 2.24) is 15.5 Å². The van der Waals surface area contributed by atoms with Crippen LogP contribution in [0.2, 0.25) is 0 Å². The van der Waals surface area contributed by atoms with Gasteiger partial charge >= 0.3 is 6.09 Å². The topological polar surface area (TPSA) is 128 Å². The van der Waals surface area contributed by atoms with Crippen LogP contribution in [-0.2, 0) is 14.3 Å². The fourth-order valence-electron chi connectivity index (χ4n) is 4.81. The van der Waals surface area contributed by atoms with Gasteiger partial charge in [-0.15, -0.1) is 0 Å². The number of hydrogen-bond donors (Lipinski definition) is 4. The molecular weight excluding hydrogens is 462 g/mol. The Kier molecular flexibility index (Phi) is 9.22. The van der Waals surface area contributed by atoms with Crippen LogP contribution >= 0.6 is 0 Å². The molecule has 0 spiro atoms. The summed E-state index contributed by atoms with van der Waals surface area (Å²) in [7, 11) is 0. The van der Waals surface area contributed by atoms with Crippen LogP contribution in [0.3, 0.4) is 0 Å². The van der Waals surface area contributed by atoms with Gasteiger partial charge in [0.2, 0.25) is 11.8 Å². The van der Waals surface area contributed by atoms with Crippen LogP contribution in [0, 0.1) is 6.92 Å². The van der Waals surface area contributed by atoms with Crippen molar-refractivity contribution in [3.63, 3.8) is 0 Å². The highest BCUT2D eigenvalue weighted by atomic mass is 16.6. The number of alkyl carbamates (subject to hydrolysis) is 1. The van der Waals surface area contributed by atoms with Crippen molar-refractivity contribution in [2.45, 2.75) is 109 Å². The Morgan fingerprint density at radius 2 is 1.75 bits per heavy atom. The maximum atomic E-state index is 13.8. The van der Waals surface area contributed by atoms with E-state index in [1.165, 1.54) is 11.0 Å². The van der Waals surface area contributed by atoms with Crippen molar-refractivity contribution in [1.29, 1.82) is 0 Å². The number of phenols is 1. The number of amides is 3. The molecule has 2 aliphatic rings. The van der Waals surface area contributed by atoms with Crippen LogP contribution < -0.4 is 10.6 Å². The molecule has 9 heteroatoms. The second-order valence-electron chi connectivity index (χ2n) is 11.0. The molecule has 2 aliphatic carbocycles. The number of carbonyl (C=O) groups excluding carboxylic acids is 3. The van der Waals surface area contributed by atoms with E-state index >= 15 is 0 Å². The van der Waals surface area contributed by atoms with Gasteiger partial charge in [0.05, 0.1) is 6.61 Å². The van der Waals surface area contributed by atoms with Crippen molar-refractivity contribution in [3.8, 4) is 5.75 Å². The van der Waals surface area contributed by atoms with Gasteiger partial charge in [0.15, 0.2) is 0 Å². The van der Waals surface area contributed by atoms with Crippen molar-refractivity contribution in [2.24, 2.45) is 0 Å². The van der Waals surface area contributed by atoms with Crippen LogP contribution in [0.25, 0.3) is 0 Å². The molecule has 4 N–H and O–H groups in total. The molecule has 2 atom stereocenters. The maximum absolute atomic E-state index is 13.8. The lowest BCUT2D eigenvalue weighted by Gasteiger charge is -2.44. The standard InChI is InChI=1S/C27H41N3O6/c1-17-15-18(13-14-22(17)32)23(24(33)28-19-9-6-5-7-10-19)30(20-11-8-12-20)25(34)21(16-31)29-26(35)36-27(2,3)4/h13-15,19-21,23,31-32H,5-12,16H2,1-4H3,(H,28,33)(H,29,35). The van der Waals surface area contributed by atoms with E-state index in [0.717, 1.165) is 51.4 Å². The molecule has 0 heterocycles. The smallest absolute Gasteiger partial charge is 0.408 e. The lowest BCUT2D eigenvalue weighted by molar-refractivity contribution is -0.148. The van der Waals surface area contributed by atoms with E-state index in [1.54, 1.807) is 39.8 Å². The number of nitrogens with one attached hydrogen (secondary N) is 2. The lowest BCUT2D eigenvalue weighted by atomic mass is 9.87. The molecule has 2 saturated carbocycles. The molecule has 0 bridgehead atoms. The molecule has 0 saturated heterocycles. The average molecular weight is 504 g/mol. The van der Waals surface area contributed by atoms with Gasteiger partial charge in [0.25, 0.3) is 0 Å². The second-order valence-corrected chi connectivity index (χ2v) is 11.0. The number of ether oxygens (including phenoxy) is 1. The Hall–Kier alpha value is -2.81. The zero-order valence-corrected chi connectivity index (χ0v) is 21.9. The first-order valence-corrected chi connectivity index (χ1v) is 13.0. The quantitative estimate of drug-likeness (QED) is 0.430. The highest BCUT2D eigenvalue weighted by molar-refractivity contribution is 5.92. The van der Waals surface area contributed by atoms with Gasteiger partial charge in [-0.05, 0) is 83.1 Å². The summed E-state index contributed by atoms with van der Waals surface area (Å²) in [5.41, 5.74) is 0.398. The average Bonchev–Trinajstić information content (AvgIpc) is 2.77. The van der Waals surface area contributed by atoms with E-state index in [1.807, 2.05) is 0 Å². The molecule has 36 heavy (non-hydrogen) atoms. The molecule has 2 unspecified atom stereocenters. The first-order chi connectivity index (χ1) is 17.0. The Labute approximate surface area is 213 Å². The number of carbonyl (C=O) groups is 3. The predicted octanol–water partition coefficient (Wildman–Crippen LogP) is 3.46. The van der Waals surface area contributed by atoms with Crippen LogP contribution in [0.4, 0.5) is 4.79 Å². The number of hydrogen-bond acceptors (Lipinski definition) is 6. The van der Waals surface area contributed by atoms with Crippen molar-refractivity contribution in [2.75, 3.05) is 6.61 Å². The van der Waals surface area contributed by atoms with Gasteiger partial charge < -0.3 is 30.5 Å². The number of aliphatic hydroxyl groups is 1. The number of rotatable bonds is 8. The third-order valence-corrected chi connectivity index (χ3v) is 6.91. The van der Waals surface area contributed by atoms with Crippen molar-refractivity contribution >= 4 is 17.9 Å². The van der Waals surface area contributed by atoms with Gasteiger partial charge in [-0.2, -0.15) is 0 Å². The third kappa shape index (κ3) is 7.12. The third-order valence-electron chi connectivity index (χ3n) is 6.91. The lowest BCUT2D eigenvalue weighted by Crippen LogP contribution is -2.59. The Bertz CT molecular complexity index is 934. The fraction of sp³-hybridized carbons (Fsp3) is 0.667. The zero-order chi connectivity index (χ0) is 26.5. The van der Waals surface area contributed by atoms with Crippen LogP contribution in [0.15, 0.2) is 18.2 Å². The predicted molar refractivity (Wildman–Crippen MR) is 135 cm³/mol. The van der Waals surface area contributed by atoms with E-state index in [2.05, 4.69) is 10.6 Å². The highest BCUT2D eigenvalue weighted by Gasteiger charge is 2.42. The molecule has 1 aromatic rings. The molecule has 3 amide bonds. The summed E-state index contributed by atoms with van der Waals surface area (Å²) in [6.45, 7) is 6.24. The van der Waals surface area contributed by atoms with E-state index in [-0.39, 0.29) is 23.7 Å². The Morgan fingerprint density at radius 1 is 1.08 bits per heavy atom. The first-order valence-electron chi connectivity index (χ1n) is 13.0. The number of aromatic hydroxyl groups is 1. The number of nitrogens with zero attached hydrogens (tertiary/aromatic N) is 1. The van der Waals surface area contributed by atoms with Crippen molar-refractivity contribution in [3.05, 3.63) is 29.3 Å². The SMILES string of the molecule is Cc1cc(C(C(=O)NC2CCCCC2)N(C(=O)C(CO)NC(=O)OC(C)(C)C)C2CCC2)ccc1O.